The number of benzene rings is 1. The second-order valence-corrected chi connectivity index (χ2v) is 5.25. The maximum Gasteiger partial charge on any atom is 0.336 e. The van der Waals surface area contributed by atoms with Gasteiger partial charge in [0.1, 0.15) is 0 Å². The van der Waals surface area contributed by atoms with E-state index in [1.165, 1.54) is 0 Å². The second kappa shape index (κ2) is 5.10. The minimum Gasteiger partial charge on any atom is -0.478 e. The Morgan fingerprint density at radius 3 is 2.95 bits per heavy atom. The average molecular weight is 286 g/mol. The molecule has 0 atom stereocenters. The van der Waals surface area contributed by atoms with Crippen molar-refractivity contribution in [3.63, 3.8) is 0 Å². The number of carbonyl (C=O) groups is 1. The minimum absolute atomic E-state index is 0.340. The quantitative estimate of drug-likeness (QED) is 0.937. The van der Waals surface area contributed by atoms with Crippen molar-refractivity contribution in [2.75, 3.05) is 0 Å². The lowest BCUT2D eigenvalue weighted by molar-refractivity contribution is 0.0695. The molecule has 1 aromatic carbocycles. The lowest BCUT2D eigenvalue weighted by atomic mass is 10.0. The molecule has 1 aliphatic rings. The number of aromatic carboxylic acids is 1. The average Bonchev–Trinajstić information content (AvgIpc) is 2.80. The number of hydrogen-bond acceptors (Lipinski definition) is 2. The first-order valence-electron chi connectivity index (χ1n) is 6.28. The summed E-state index contributed by atoms with van der Waals surface area (Å²) in [5.41, 5.74) is 4.18. The Morgan fingerprint density at radius 1 is 1.35 bits per heavy atom. The molecule has 0 fully saturated rings. The lowest BCUT2D eigenvalue weighted by Crippen LogP contribution is -2.03. The molecule has 0 amide bonds. The Labute approximate surface area is 121 Å². The molecule has 0 saturated heterocycles. The van der Waals surface area contributed by atoms with Gasteiger partial charge in [0.25, 0.3) is 0 Å². The van der Waals surface area contributed by atoms with Gasteiger partial charge in [0.15, 0.2) is 0 Å². The number of carboxylic acids is 1. The molecule has 0 unspecified atom stereocenters. The highest BCUT2D eigenvalue weighted by Crippen LogP contribution is 2.28. The zero-order valence-electron chi connectivity index (χ0n) is 10.6. The van der Waals surface area contributed by atoms with E-state index in [9.17, 15) is 9.90 Å². The van der Waals surface area contributed by atoms with E-state index in [0.29, 0.717) is 17.0 Å². The molecule has 20 heavy (non-hydrogen) atoms. The van der Waals surface area contributed by atoms with Crippen molar-refractivity contribution >= 4 is 23.6 Å². The van der Waals surface area contributed by atoms with Gasteiger partial charge in [0.05, 0.1) is 11.3 Å². The van der Waals surface area contributed by atoms with Gasteiger partial charge in [0, 0.05) is 11.2 Å². The number of halogens is 1. The molecule has 1 aromatic heterocycles. The van der Waals surface area contributed by atoms with Gasteiger partial charge in [-0.2, -0.15) is 0 Å². The van der Waals surface area contributed by atoms with E-state index in [0.717, 1.165) is 28.8 Å². The van der Waals surface area contributed by atoms with Crippen LogP contribution in [0.4, 0.5) is 0 Å². The first kappa shape index (κ1) is 12.9. The fraction of sp³-hybridized carbons (Fsp3) is 0.125. The third-order valence-corrected chi connectivity index (χ3v) is 3.62. The van der Waals surface area contributed by atoms with Crippen LogP contribution in [0, 0.1) is 0 Å². The van der Waals surface area contributed by atoms with Crippen molar-refractivity contribution in [3.8, 4) is 0 Å². The Kier molecular flexibility index (Phi) is 3.28. The standard InChI is InChI=1S/C16H12ClNO2/c17-12-3-1-2-10(7-12)6-11-8-14-13(16(19)20)4-5-18-15(14)9-11/h1-5,7,9H,6,8H2,(H,19,20). The molecule has 100 valence electrons. The molecule has 3 nitrogen and oxygen atoms in total. The third kappa shape index (κ3) is 2.45. The molecule has 1 aliphatic carbocycles. The summed E-state index contributed by atoms with van der Waals surface area (Å²) >= 11 is 5.98. The van der Waals surface area contributed by atoms with E-state index in [-0.39, 0.29) is 0 Å². The normalized spacial score (nSPS) is 12.9. The molecule has 0 saturated carbocycles. The minimum atomic E-state index is -0.902. The number of hydrogen-bond donors (Lipinski definition) is 1. The highest BCUT2D eigenvalue weighted by atomic mass is 35.5. The van der Waals surface area contributed by atoms with Gasteiger partial charge in [-0.05, 0) is 48.2 Å². The lowest BCUT2D eigenvalue weighted by Gasteiger charge is -2.05. The molecule has 0 radical (unpaired) electrons. The van der Waals surface area contributed by atoms with Crippen LogP contribution < -0.4 is 0 Å². The van der Waals surface area contributed by atoms with Crippen molar-refractivity contribution in [1.82, 2.24) is 4.98 Å². The van der Waals surface area contributed by atoms with Crippen molar-refractivity contribution in [2.45, 2.75) is 12.8 Å². The number of pyridine rings is 1. The van der Waals surface area contributed by atoms with E-state index in [2.05, 4.69) is 4.98 Å². The molecule has 0 aliphatic heterocycles. The van der Waals surface area contributed by atoms with E-state index in [4.69, 9.17) is 11.6 Å². The molecule has 2 aromatic rings. The van der Waals surface area contributed by atoms with Gasteiger partial charge in [-0.1, -0.05) is 29.3 Å². The van der Waals surface area contributed by atoms with Crippen LogP contribution in [0.15, 0.2) is 42.1 Å². The molecule has 1 heterocycles. The first-order chi connectivity index (χ1) is 9.63. The fourth-order valence-corrected chi connectivity index (χ4v) is 2.73. The predicted molar refractivity (Wildman–Crippen MR) is 78.0 cm³/mol. The van der Waals surface area contributed by atoms with Crippen LogP contribution >= 0.6 is 11.6 Å². The van der Waals surface area contributed by atoms with Crippen LogP contribution in [0.2, 0.25) is 5.02 Å². The largest absolute Gasteiger partial charge is 0.478 e. The highest BCUT2D eigenvalue weighted by molar-refractivity contribution is 6.30. The smallest absolute Gasteiger partial charge is 0.336 e. The summed E-state index contributed by atoms with van der Waals surface area (Å²) in [7, 11) is 0. The van der Waals surface area contributed by atoms with Gasteiger partial charge in [-0.25, -0.2) is 4.79 Å². The summed E-state index contributed by atoms with van der Waals surface area (Å²) in [6, 6.07) is 9.25. The predicted octanol–water partition coefficient (Wildman–Crippen LogP) is 3.62. The summed E-state index contributed by atoms with van der Waals surface area (Å²) < 4.78 is 0. The van der Waals surface area contributed by atoms with Gasteiger partial charge in [-0.15, -0.1) is 0 Å². The highest BCUT2D eigenvalue weighted by Gasteiger charge is 2.20. The number of allylic oxidation sites excluding steroid dienone is 1. The van der Waals surface area contributed by atoms with Gasteiger partial charge in [0.2, 0.25) is 0 Å². The molecule has 4 heteroatoms. The topological polar surface area (TPSA) is 50.2 Å². The van der Waals surface area contributed by atoms with Crippen LogP contribution in [-0.4, -0.2) is 16.1 Å². The summed E-state index contributed by atoms with van der Waals surface area (Å²) in [6.45, 7) is 0. The summed E-state index contributed by atoms with van der Waals surface area (Å²) in [4.78, 5) is 15.4. The molecule has 1 N–H and O–H groups in total. The summed E-state index contributed by atoms with van der Waals surface area (Å²) in [5.74, 6) is -0.902. The fourth-order valence-electron chi connectivity index (χ4n) is 2.51. The Bertz CT molecular complexity index is 722. The van der Waals surface area contributed by atoms with Crippen LogP contribution in [0.25, 0.3) is 6.08 Å². The SMILES string of the molecule is O=C(O)c1ccnc2c1CC(Cc1cccc(Cl)c1)=C2. The van der Waals surface area contributed by atoms with Gasteiger partial charge < -0.3 is 5.11 Å². The molecular weight excluding hydrogens is 274 g/mol. The van der Waals surface area contributed by atoms with Crippen molar-refractivity contribution in [3.05, 3.63) is 69.5 Å². The zero-order valence-corrected chi connectivity index (χ0v) is 11.4. The van der Waals surface area contributed by atoms with Crippen molar-refractivity contribution < 1.29 is 9.90 Å². The van der Waals surface area contributed by atoms with E-state index in [1.807, 2.05) is 30.3 Å². The maximum atomic E-state index is 11.2. The Hall–Kier alpha value is -2.13. The van der Waals surface area contributed by atoms with Crippen LogP contribution in [0.5, 0.6) is 0 Å². The Balaban J connectivity index is 1.86. The summed E-state index contributed by atoms with van der Waals surface area (Å²) in [6.07, 6.45) is 4.91. The monoisotopic (exact) mass is 285 g/mol. The van der Waals surface area contributed by atoms with Crippen molar-refractivity contribution in [2.24, 2.45) is 0 Å². The van der Waals surface area contributed by atoms with E-state index >= 15 is 0 Å². The maximum absolute atomic E-state index is 11.2. The number of nitrogens with zero attached hydrogens (tertiary/aromatic N) is 1. The molecule has 3 rings (SSSR count). The van der Waals surface area contributed by atoms with Gasteiger partial charge in [-0.3, -0.25) is 4.98 Å². The zero-order chi connectivity index (χ0) is 14.1. The molecule has 0 spiro atoms. The first-order valence-corrected chi connectivity index (χ1v) is 6.66. The molecule has 0 bridgehead atoms. The molecular formula is C16H12ClNO2. The number of fused-ring (bicyclic) bond motifs is 1. The van der Waals surface area contributed by atoms with Gasteiger partial charge >= 0.3 is 5.97 Å². The Morgan fingerprint density at radius 2 is 2.20 bits per heavy atom. The second-order valence-electron chi connectivity index (χ2n) is 4.81. The third-order valence-electron chi connectivity index (χ3n) is 3.38. The van der Waals surface area contributed by atoms with Crippen molar-refractivity contribution in [1.29, 1.82) is 0 Å². The number of carboxylic acid groups (broad SMARTS) is 1. The van der Waals surface area contributed by atoms with E-state index < -0.39 is 5.97 Å². The van der Waals surface area contributed by atoms with Crippen LogP contribution in [0.1, 0.15) is 27.2 Å². The van der Waals surface area contributed by atoms with Crippen LogP contribution in [-0.2, 0) is 12.8 Å². The van der Waals surface area contributed by atoms with Crippen LogP contribution in [0.3, 0.4) is 0 Å². The summed E-state index contributed by atoms with van der Waals surface area (Å²) in [5, 5.41) is 9.90. The number of rotatable bonds is 3. The number of aromatic nitrogens is 1. The van der Waals surface area contributed by atoms with E-state index in [1.54, 1.807) is 12.3 Å².